The van der Waals surface area contributed by atoms with E-state index >= 15 is 0 Å². The number of nitrogens with zero attached hydrogens (tertiary/aromatic N) is 4. The van der Waals surface area contributed by atoms with Gasteiger partial charge in [0.25, 0.3) is 11.6 Å². The normalized spacial score (nSPS) is 16.5. The first-order valence-corrected chi connectivity index (χ1v) is 14.5. The zero-order valence-electron chi connectivity index (χ0n) is 24.3. The second kappa shape index (κ2) is 10.5. The average molecular weight is 563 g/mol. The lowest BCUT2D eigenvalue weighted by atomic mass is 9.73. The highest BCUT2D eigenvalue weighted by molar-refractivity contribution is 6.15. The molecular weight excluding hydrogens is 528 g/mol. The molecular formula is C34H34N4O4. The lowest BCUT2D eigenvalue weighted by molar-refractivity contribution is -0.384. The number of fused-ring (bicyclic) bond motifs is 6. The number of rotatable bonds is 8. The maximum absolute atomic E-state index is 14.6. The maximum atomic E-state index is 14.6. The molecule has 0 bridgehead atoms. The number of carbonyl (C=O) groups is 1. The molecule has 2 aliphatic heterocycles. The second-order valence-corrected chi connectivity index (χ2v) is 10.4. The zero-order valence-corrected chi connectivity index (χ0v) is 24.3. The van der Waals surface area contributed by atoms with E-state index in [1.54, 1.807) is 12.1 Å². The van der Waals surface area contributed by atoms with Crippen LogP contribution < -0.4 is 19.4 Å². The van der Waals surface area contributed by atoms with E-state index in [0.717, 1.165) is 54.2 Å². The molecule has 214 valence electrons. The SMILES string of the molecule is CCN(CC)c1ccc2c(c1N(CC)CC)C1(c3ccccc3O2)c2ccccc2C(=O)N1c1ccc([N+](=O)[O-])cc1. The summed E-state index contributed by atoms with van der Waals surface area (Å²) in [5, 5.41) is 11.5. The minimum Gasteiger partial charge on any atom is -0.456 e. The highest BCUT2D eigenvalue weighted by Gasteiger charge is 2.58. The Hall–Kier alpha value is -4.85. The van der Waals surface area contributed by atoms with Crippen LogP contribution in [-0.2, 0) is 5.54 Å². The van der Waals surface area contributed by atoms with Gasteiger partial charge < -0.3 is 14.5 Å². The number of anilines is 3. The van der Waals surface area contributed by atoms with Crippen molar-refractivity contribution >= 4 is 28.7 Å². The summed E-state index contributed by atoms with van der Waals surface area (Å²) in [6.45, 7) is 11.7. The number of ether oxygens (including phenoxy) is 1. The summed E-state index contributed by atoms with van der Waals surface area (Å²) < 4.78 is 6.66. The molecule has 2 aliphatic rings. The molecule has 0 N–H and O–H groups in total. The molecule has 1 spiro atoms. The predicted octanol–water partition coefficient (Wildman–Crippen LogP) is 7.35. The minimum atomic E-state index is -1.09. The summed E-state index contributed by atoms with van der Waals surface area (Å²) in [6, 6.07) is 26.0. The smallest absolute Gasteiger partial charge is 0.269 e. The zero-order chi connectivity index (χ0) is 29.6. The third-order valence-corrected chi connectivity index (χ3v) is 8.57. The van der Waals surface area contributed by atoms with E-state index in [-0.39, 0.29) is 11.6 Å². The largest absolute Gasteiger partial charge is 0.456 e. The predicted molar refractivity (Wildman–Crippen MR) is 166 cm³/mol. The third kappa shape index (κ3) is 3.78. The van der Waals surface area contributed by atoms with Gasteiger partial charge in [-0.1, -0.05) is 36.4 Å². The summed E-state index contributed by atoms with van der Waals surface area (Å²) in [7, 11) is 0. The van der Waals surface area contributed by atoms with E-state index in [1.807, 2.05) is 59.5 Å². The van der Waals surface area contributed by atoms with Gasteiger partial charge in [-0.15, -0.1) is 0 Å². The van der Waals surface area contributed by atoms with Crippen molar-refractivity contribution in [2.75, 3.05) is 40.9 Å². The third-order valence-electron chi connectivity index (χ3n) is 8.57. The maximum Gasteiger partial charge on any atom is 0.269 e. The van der Waals surface area contributed by atoms with Gasteiger partial charge >= 0.3 is 0 Å². The van der Waals surface area contributed by atoms with Gasteiger partial charge in [-0.3, -0.25) is 19.8 Å². The Bertz CT molecular complexity index is 1680. The molecule has 1 unspecified atom stereocenters. The van der Waals surface area contributed by atoms with Crippen molar-refractivity contribution in [2.24, 2.45) is 0 Å². The lowest BCUT2D eigenvalue weighted by Crippen LogP contribution is -2.49. The molecule has 1 atom stereocenters. The van der Waals surface area contributed by atoms with Gasteiger partial charge in [0.15, 0.2) is 0 Å². The van der Waals surface area contributed by atoms with Crippen LogP contribution in [0.1, 0.15) is 54.7 Å². The van der Waals surface area contributed by atoms with Crippen molar-refractivity contribution in [3.63, 3.8) is 0 Å². The summed E-state index contributed by atoms with van der Waals surface area (Å²) in [5.74, 6) is 1.19. The first kappa shape index (κ1) is 27.3. The van der Waals surface area contributed by atoms with Gasteiger partial charge in [0.2, 0.25) is 0 Å². The van der Waals surface area contributed by atoms with Crippen LogP contribution in [0, 0.1) is 10.1 Å². The molecule has 0 aromatic heterocycles. The number of nitro benzene ring substituents is 1. The van der Waals surface area contributed by atoms with Gasteiger partial charge in [-0.05, 0) is 64.1 Å². The number of para-hydroxylation sites is 1. The standard InChI is InChI=1S/C34H34N4O4/c1-5-35(6-2)28-21-22-30-31(32(28)36(7-3)8-4)34(27-15-11-12-16-29(27)42-30)26-14-10-9-13-25(26)33(39)37(34)23-17-19-24(20-18-23)38(40)41/h9-22H,5-8H2,1-4H3. The summed E-state index contributed by atoms with van der Waals surface area (Å²) >= 11 is 0. The first-order valence-electron chi connectivity index (χ1n) is 14.5. The molecule has 0 saturated heterocycles. The van der Waals surface area contributed by atoms with Crippen molar-refractivity contribution in [3.05, 3.63) is 117 Å². The van der Waals surface area contributed by atoms with Crippen LogP contribution in [0.4, 0.5) is 22.7 Å². The highest BCUT2D eigenvalue weighted by Crippen LogP contribution is 2.62. The fourth-order valence-electron chi connectivity index (χ4n) is 6.71. The van der Waals surface area contributed by atoms with Crippen LogP contribution in [0.3, 0.4) is 0 Å². The Balaban J connectivity index is 1.80. The molecule has 0 aliphatic carbocycles. The van der Waals surface area contributed by atoms with Crippen molar-refractivity contribution in [2.45, 2.75) is 33.2 Å². The van der Waals surface area contributed by atoms with Crippen molar-refractivity contribution in [3.8, 4) is 11.5 Å². The summed E-state index contributed by atoms with van der Waals surface area (Å²) in [4.78, 5) is 32.2. The number of carbonyl (C=O) groups excluding carboxylic acids is 1. The molecule has 8 heteroatoms. The molecule has 0 saturated carbocycles. The Morgan fingerprint density at radius 3 is 2.02 bits per heavy atom. The van der Waals surface area contributed by atoms with E-state index in [2.05, 4.69) is 43.6 Å². The van der Waals surface area contributed by atoms with Crippen molar-refractivity contribution < 1.29 is 14.5 Å². The summed E-state index contributed by atoms with van der Waals surface area (Å²) in [5.41, 5.74) is 4.74. The van der Waals surface area contributed by atoms with E-state index in [9.17, 15) is 14.9 Å². The van der Waals surface area contributed by atoms with Gasteiger partial charge in [0, 0.05) is 60.7 Å². The van der Waals surface area contributed by atoms with Crippen LogP contribution in [0.5, 0.6) is 11.5 Å². The van der Waals surface area contributed by atoms with Crippen molar-refractivity contribution in [1.82, 2.24) is 0 Å². The number of nitro groups is 1. The first-order chi connectivity index (χ1) is 20.4. The monoisotopic (exact) mass is 562 g/mol. The van der Waals surface area contributed by atoms with Crippen LogP contribution in [-0.4, -0.2) is 37.0 Å². The van der Waals surface area contributed by atoms with Crippen LogP contribution in [0.15, 0.2) is 84.9 Å². The molecule has 4 aromatic rings. The fourth-order valence-corrected chi connectivity index (χ4v) is 6.71. The molecule has 42 heavy (non-hydrogen) atoms. The number of hydrogen-bond donors (Lipinski definition) is 0. The second-order valence-electron chi connectivity index (χ2n) is 10.4. The molecule has 2 heterocycles. The Morgan fingerprint density at radius 1 is 0.762 bits per heavy atom. The van der Waals surface area contributed by atoms with Crippen molar-refractivity contribution in [1.29, 1.82) is 0 Å². The number of amides is 1. The molecule has 6 rings (SSSR count). The molecule has 1 amide bonds. The Morgan fingerprint density at radius 2 is 1.38 bits per heavy atom. The van der Waals surface area contributed by atoms with Gasteiger partial charge in [0.05, 0.1) is 21.9 Å². The molecule has 8 nitrogen and oxygen atoms in total. The average Bonchev–Trinajstić information content (AvgIpc) is 3.27. The van der Waals surface area contributed by atoms with Crippen LogP contribution >= 0.6 is 0 Å². The quantitative estimate of drug-likeness (QED) is 0.165. The van der Waals surface area contributed by atoms with Gasteiger partial charge in [0.1, 0.15) is 17.0 Å². The summed E-state index contributed by atoms with van der Waals surface area (Å²) in [6.07, 6.45) is 0. The van der Waals surface area contributed by atoms with E-state index < -0.39 is 10.5 Å². The number of hydrogen-bond acceptors (Lipinski definition) is 6. The Labute approximate surface area is 245 Å². The van der Waals surface area contributed by atoms with Gasteiger partial charge in [-0.2, -0.15) is 0 Å². The molecule has 0 fully saturated rings. The minimum absolute atomic E-state index is 0.0302. The number of non-ortho nitro benzene ring substituents is 1. The highest BCUT2D eigenvalue weighted by atomic mass is 16.6. The topological polar surface area (TPSA) is 79.2 Å². The fraction of sp³-hybridized carbons (Fsp3) is 0.265. The van der Waals surface area contributed by atoms with Gasteiger partial charge in [-0.25, -0.2) is 0 Å². The lowest BCUT2D eigenvalue weighted by Gasteiger charge is -2.47. The van der Waals surface area contributed by atoms with Crippen LogP contribution in [0.2, 0.25) is 0 Å². The van der Waals surface area contributed by atoms with Crippen LogP contribution in [0.25, 0.3) is 0 Å². The number of benzene rings is 4. The van der Waals surface area contributed by atoms with E-state index in [0.29, 0.717) is 22.7 Å². The molecule has 0 radical (unpaired) electrons. The van der Waals surface area contributed by atoms with E-state index in [1.165, 1.54) is 12.1 Å². The Kier molecular flexibility index (Phi) is 6.85. The molecule has 4 aromatic carbocycles. The van der Waals surface area contributed by atoms with E-state index in [4.69, 9.17) is 4.74 Å².